The van der Waals surface area contributed by atoms with Gasteiger partial charge in [-0.1, -0.05) is 19.1 Å². The van der Waals surface area contributed by atoms with E-state index >= 15 is 0 Å². The molecule has 6 nitrogen and oxygen atoms in total. The minimum absolute atomic E-state index is 0.0237. The normalized spacial score (nSPS) is 15.3. The van der Waals surface area contributed by atoms with Crippen molar-refractivity contribution in [1.29, 1.82) is 0 Å². The number of urea groups is 1. The van der Waals surface area contributed by atoms with E-state index in [9.17, 15) is 9.59 Å². The predicted molar refractivity (Wildman–Crippen MR) is 91.5 cm³/mol. The summed E-state index contributed by atoms with van der Waals surface area (Å²) in [7, 11) is 0. The Balaban J connectivity index is 1.70. The molecule has 3 amide bonds. The first-order chi connectivity index (χ1) is 11.1. The third-order valence-electron chi connectivity index (χ3n) is 4.07. The molecule has 1 aliphatic rings. The number of rotatable bonds is 5. The molecule has 6 heteroatoms. The molecule has 1 aliphatic heterocycles. The van der Waals surface area contributed by atoms with Crippen molar-refractivity contribution in [2.24, 2.45) is 0 Å². The van der Waals surface area contributed by atoms with E-state index < -0.39 is 0 Å². The summed E-state index contributed by atoms with van der Waals surface area (Å²) >= 11 is 0. The van der Waals surface area contributed by atoms with Crippen LogP contribution < -0.4 is 10.6 Å². The van der Waals surface area contributed by atoms with Crippen LogP contribution >= 0.6 is 0 Å². The molecule has 0 bridgehead atoms. The number of carbonyl (C=O) groups is 2. The molecule has 2 rings (SSSR count). The zero-order valence-corrected chi connectivity index (χ0v) is 14.0. The van der Waals surface area contributed by atoms with E-state index in [2.05, 4.69) is 22.5 Å². The molecule has 1 saturated heterocycles. The molecule has 1 heterocycles. The van der Waals surface area contributed by atoms with Crippen LogP contribution in [-0.2, 0) is 11.2 Å². The van der Waals surface area contributed by atoms with Crippen LogP contribution in [0.4, 0.5) is 10.5 Å². The Morgan fingerprint density at radius 1 is 1.09 bits per heavy atom. The monoisotopic (exact) mass is 318 g/mol. The van der Waals surface area contributed by atoms with Crippen molar-refractivity contribution in [3.05, 3.63) is 29.8 Å². The molecule has 126 valence electrons. The predicted octanol–water partition coefficient (Wildman–Crippen LogP) is 1.53. The number of piperazine rings is 1. The lowest BCUT2D eigenvalue weighted by Crippen LogP contribution is -2.51. The highest BCUT2D eigenvalue weighted by molar-refractivity contribution is 5.88. The summed E-state index contributed by atoms with van der Waals surface area (Å²) in [5, 5.41) is 5.72. The standard InChI is InChI=1S/C17H26N4O2/c1-3-20-10-12-21(13-11-20)17(23)18-9-8-15-4-6-16(7-5-15)19-14(2)22/h4-7H,3,8-13H2,1-2H3,(H,18,23)(H,19,22). The van der Waals surface area contributed by atoms with Crippen molar-refractivity contribution in [2.75, 3.05) is 44.6 Å². The third-order valence-corrected chi connectivity index (χ3v) is 4.07. The van der Waals surface area contributed by atoms with Crippen LogP contribution in [0.1, 0.15) is 19.4 Å². The molecule has 1 fully saturated rings. The third kappa shape index (κ3) is 5.56. The lowest BCUT2D eigenvalue weighted by Gasteiger charge is -2.34. The Kier molecular flexibility index (Phi) is 6.40. The summed E-state index contributed by atoms with van der Waals surface area (Å²) in [4.78, 5) is 27.3. The molecule has 0 spiro atoms. The second kappa shape index (κ2) is 8.53. The summed E-state index contributed by atoms with van der Waals surface area (Å²) in [6.07, 6.45) is 0.779. The van der Waals surface area contributed by atoms with E-state index in [0.29, 0.717) is 6.54 Å². The van der Waals surface area contributed by atoms with Crippen LogP contribution in [0.15, 0.2) is 24.3 Å². The highest BCUT2D eigenvalue weighted by Crippen LogP contribution is 2.09. The Morgan fingerprint density at radius 3 is 2.30 bits per heavy atom. The van der Waals surface area contributed by atoms with Crippen LogP contribution in [-0.4, -0.2) is 61.0 Å². The quantitative estimate of drug-likeness (QED) is 0.865. The molecule has 0 radical (unpaired) electrons. The van der Waals surface area contributed by atoms with E-state index in [-0.39, 0.29) is 11.9 Å². The lowest BCUT2D eigenvalue weighted by atomic mass is 10.1. The maximum absolute atomic E-state index is 12.1. The Hall–Kier alpha value is -2.08. The van der Waals surface area contributed by atoms with Gasteiger partial charge in [0.2, 0.25) is 5.91 Å². The SMILES string of the molecule is CCN1CCN(C(=O)NCCc2ccc(NC(C)=O)cc2)CC1. The summed E-state index contributed by atoms with van der Waals surface area (Å²) in [6, 6.07) is 7.72. The molecule has 0 saturated carbocycles. The molecule has 0 aromatic heterocycles. The van der Waals surface area contributed by atoms with Crippen LogP contribution in [0.25, 0.3) is 0 Å². The minimum atomic E-state index is -0.0758. The maximum atomic E-state index is 12.1. The van der Waals surface area contributed by atoms with Crippen LogP contribution in [0.2, 0.25) is 0 Å². The lowest BCUT2D eigenvalue weighted by molar-refractivity contribution is -0.114. The number of likely N-dealkylation sites (N-methyl/N-ethyl adjacent to an activating group) is 1. The van der Waals surface area contributed by atoms with E-state index in [0.717, 1.165) is 50.4 Å². The van der Waals surface area contributed by atoms with Crippen LogP contribution in [0.5, 0.6) is 0 Å². The number of nitrogens with zero attached hydrogens (tertiary/aromatic N) is 2. The fourth-order valence-electron chi connectivity index (χ4n) is 2.65. The smallest absolute Gasteiger partial charge is 0.317 e. The average Bonchev–Trinajstić information content (AvgIpc) is 2.56. The largest absolute Gasteiger partial charge is 0.338 e. The van der Waals surface area contributed by atoms with Gasteiger partial charge in [0.05, 0.1) is 0 Å². The number of hydrogen-bond donors (Lipinski definition) is 2. The van der Waals surface area contributed by atoms with Crippen LogP contribution in [0.3, 0.4) is 0 Å². The van der Waals surface area contributed by atoms with Gasteiger partial charge in [-0.15, -0.1) is 0 Å². The summed E-state index contributed by atoms with van der Waals surface area (Å²) in [6.45, 7) is 8.80. The van der Waals surface area contributed by atoms with Gasteiger partial charge < -0.3 is 20.4 Å². The van der Waals surface area contributed by atoms with Gasteiger partial charge in [-0.2, -0.15) is 0 Å². The molecule has 23 heavy (non-hydrogen) atoms. The van der Waals surface area contributed by atoms with Crippen molar-refractivity contribution < 1.29 is 9.59 Å². The van der Waals surface area contributed by atoms with E-state index in [1.807, 2.05) is 29.2 Å². The second-order valence-corrected chi connectivity index (χ2v) is 5.78. The van der Waals surface area contributed by atoms with Gasteiger partial charge in [0.25, 0.3) is 0 Å². The highest BCUT2D eigenvalue weighted by Gasteiger charge is 2.19. The van der Waals surface area contributed by atoms with Gasteiger partial charge in [-0.05, 0) is 30.7 Å². The maximum Gasteiger partial charge on any atom is 0.317 e. The van der Waals surface area contributed by atoms with Gasteiger partial charge in [-0.3, -0.25) is 4.79 Å². The number of nitrogens with one attached hydrogen (secondary N) is 2. The molecule has 0 unspecified atom stereocenters. The number of hydrogen-bond acceptors (Lipinski definition) is 3. The number of anilines is 1. The van der Waals surface area contributed by atoms with Crippen molar-refractivity contribution in [3.63, 3.8) is 0 Å². The van der Waals surface area contributed by atoms with E-state index in [1.165, 1.54) is 6.92 Å². The van der Waals surface area contributed by atoms with Gasteiger partial charge in [0, 0.05) is 45.3 Å². The first-order valence-electron chi connectivity index (χ1n) is 8.20. The van der Waals surface area contributed by atoms with E-state index in [1.54, 1.807) is 0 Å². The number of benzene rings is 1. The molecule has 0 atom stereocenters. The highest BCUT2D eigenvalue weighted by atomic mass is 16.2. The van der Waals surface area contributed by atoms with Crippen molar-refractivity contribution in [3.8, 4) is 0 Å². The topological polar surface area (TPSA) is 64.7 Å². The van der Waals surface area contributed by atoms with Gasteiger partial charge in [0.15, 0.2) is 0 Å². The first kappa shape index (κ1) is 17.3. The summed E-state index contributed by atoms with van der Waals surface area (Å²) in [5.41, 5.74) is 1.93. The molecule has 1 aromatic carbocycles. The Labute approximate surface area is 137 Å². The fourth-order valence-corrected chi connectivity index (χ4v) is 2.65. The number of carbonyl (C=O) groups excluding carboxylic acids is 2. The fraction of sp³-hybridized carbons (Fsp3) is 0.529. The van der Waals surface area contributed by atoms with Crippen LogP contribution in [0, 0.1) is 0 Å². The summed E-state index contributed by atoms with van der Waals surface area (Å²) in [5.74, 6) is -0.0758. The molecule has 0 aliphatic carbocycles. The van der Waals surface area contributed by atoms with Crippen molar-refractivity contribution >= 4 is 17.6 Å². The Bertz CT molecular complexity index is 522. The molecule has 1 aromatic rings. The zero-order chi connectivity index (χ0) is 16.7. The zero-order valence-electron chi connectivity index (χ0n) is 14.0. The molecular weight excluding hydrogens is 292 g/mol. The van der Waals surface area contributed by atoms with Gasteiger partial charge >= 0.3 is 6.03 Å². The van der Waals surface area contributed by atoms with Gasteiger partial charge in [0.1, 0.15) is 0 Å². The second-order valence-electron chi connectivity index (χ2n) is 5.78. The molecule has 2 N–H and O–H groups in total. The Morgan fingerprint density at radius 2 is 1.74 bits per heavy atom. The summed E-state index contributed by atoms with van der Waals surface area (Å²) < 4.78 is 0. The molecular formula is C17H26N4O2. The minimum Gasteiger partial charge on any atom is -0.338 e. The van der Waals surface area contributed by atoms with Crippen molar-refractivity contribution in [2.45, 2.75) is 20.3 Å². The first-order valence-corrected chi connectivity index (χ1v) is 8.20. The van der Waals surface area contributed by atoms with E-state index in [4.69, 9.17) is 0 Å². The number of amides is 3. The average molecular weight is 318 g/mol. The van der Waals surface area contributed by atoms with Gasteiger partial charge in [-0.25, -0.2) is 4.79 Å². The van der Waals surface area contributed by atoms with Crippen molar-refractivity contribution in [1.82, 2.24) is 15.1 Å².